The number of halogens is 1. The van der Waals surface area contributed by atoms with Crippen LogP contribution in [0.4, 0.5) is 11.4 Å². The first-order chi connectivity index (χ1) is 20.3. The van der Waals surface area contributed by atoms with E-state index in [-0.39, 0.29) is 18.3 Å². The van der Waals surface area contributed by atoms with E-state index in [1.807, 2.05) is 42.5 Å². The maximum absolute atomic E-state index is 13.7. The molecule has 0 atom stereocenters. The molecule has 1 aliphatic rings. The van der Waals surface area contributed by atoms with Gasteiger partial charge < -0.3 is 22.1 Å². The average molecular weight is 583 g/mol. The lowest BCUT2D eigenvalue weighted by Crippen LogP contribution is -2.40. The lowest BCUT2D eigenvalue weighted by molar-refractivity contribution is -0.121. The molecule has 3 amide bonds. The van der Waals surface area contributed by atoms with Gasteiger partial charge in [-0.25, -0.2) is 4.90 Å². The molecule has 0 radical (unpaired) electrons. The minimum atomic E-state index is -0.396. The second kappa shape index (κ2) is 12.7. The highest BCUT2D eigenvalue weighted by molar-refractivity contribution is 6.36. The van der Waals surface area contributed by atoms with Crippen LogP contribution in [0.2, 0.25) is 5.02 Å². The number of benzene rings is 4. The van der Waals surface area contributed by atoms with Gasteiger partial charge in [-0.15, -0.1) is 0 Å². The Morgan fingerprint density at radius 1 is 0.833 bits per heavy atom. The summed E-state index contributed by atoms with van der Waals surface area (Å²) in [6.45, 7) is 1.39. The number of hydrogen-bond acceptors (Lipinski definition) is 5. The molecule has 1 aliphatic heterocycles. The van der Waals surface area contributed by atoms with Crippen LogP contribution in [0.25, 0.3) is 10.8 Å². The van der Waals surface area contributed by atoms with Gasteiger partial charge in [0.15, 0.2) is 5.96 Å². The van der Waals surface area contributed by atoms with Crippen molar-refractivity contribution in [3.05, 3.63) is 106 Å². The third-order valence-corrected chi connectivity index (χ3v) is 7.34. The molecule has 42 heavy (non-hydrogen) atoms. The Hall–Kier alpha value is -4.89. The van der Waals surface area contributed by atoms with Crippen molar-refractivity contribution in [3.63, 3.8) is 0 Å². The van der Waals surface area contributed by atoms with E-state index in [2.05, 4.69) is 15.6 Å². The fraction of sp³-hybridized carbons (Fsp3) is 0.188. The topological polar surface area (TPSA) is 143 Å². The number of carbonyl (C=O) groups is 3. The Labute approximate surface area is 248 Å². The van der Waals surface area contributed by atoms with Gasteiger partial charge in [0.1, 0.15) is 0 Å². The summed E-state index contributed by atoms with van der Waals surface area (Å²) in [5.41, 5.74) is 14.9. The summed E-state index contributed by atoms with van der Waals surface area (Å²) in [4.78, 5) is 45.0. The molecule has 0 saturated carbocycles. The number of nitrogens with one attached hydrogen (secondary N) is 2. The monoisotopic (exact) mass is 582 g/mol. The Kier molecular flexibility index (Phi) is 8.68. The third-order valence-electron chi connectivity index (χ3n) is 7.09. The van der Waals surface area contributed by atoms with Gasteiger partial charge in [-0.05, 0) is 66.4 Å². The molecule has 0 spiro atoms. The largest absolute Gasteiger partial charge is 0.383 e. The Balaban J connectivity index is 1.27. The number of amides is 3. The van der Waals surface area contributed by atoms with Crippen molar-refractivity contribution in [1.29, 1.82) is 0 Å². The SMILES string of the molecule is NC(N)=NCCNc1ccc2c3c(cccc13)C(=O)N(c1cccc(CCC(=O)NCCc3ccc(Cl)cc3)c1)C2=O. The standard InChI is InChI=1S/C32H31ClN6O3/c33-22-10-7-20(8-11-22)15-16-37-28(40)14-9-21-3-1-4-23(19-21)39-30(41)25-6-2-5-24-27(36-17-18-38-32(34)35)13-12-26(29(24)25)31(39)42/h1-8,10-13,19,36H,9,14-18H2,(H,37,40)(H4,34,35,38). The van der Waals surface area contributed by atoms with Gasteiger partial charge in [0.2, 0.25) is 5.91 Å². The minimum absolute atomic E-state index is 0.0163. The third kappa shape index (κ3) is 6.37. The first kappa shape index (κ1) is 28.6. The molecule has 1 heterocycles. The van der Waals surface area contributed by atoms with E-state index in [9.17, 15) is 14.4 Å². The quantitative estimate of drug-likeness (QED) is 0.0900. The molecule has 0 aromatic heterocycles. The fourth-order valence-electron chi connectivity index (χ4n) is 5.06. The molecule has 0 fully saturated rings. The van der Waals surface area contributed by atoms with Gasteiger partial charge in [0, 0.05) is 52.1 Å². The van der Waals surface area contributed by atoms with Crippen LogP contribution in [0, 0.1) is 0 Å². The Bertz CT molecular complexity index is 1660. The van der Waals surface area contributed by atoms with Crippen molar-refractivity contribution in [2.75, 3.05) is 29.9 Å². The lowest BCUT2D eigenvalue weighted by atomic mass is 9.92. The van der Waals surface area contributed by atoms with Crippen molar-refractivity contribution in [3.8, 4) is 0 Å². The Morgan fingerprint density at radius 2 is 1.57 bits per heavy atom. The predicted octanol–water partition coefficient (Wildman–Crippen LogP) is 4.27. The van der Waals surface area contributed by atoms with E-state index in [1.165, 1.54) is 4.90 Å². The molecule has 0 aliphatic carbocycles. The second-order valence-electron chi connectivity index (χ2n) is 9.96. The van der Waals surface area contributed by atoms with Crippen LogP contribution >= 0.6 is 11.6 Å². The van der Waals surface area contributed by atoms with E-state index in [0.717, 1.165) is 22.2 Å². The number of carbonyl (C=O) groups excluding carboxylic acids is 3. The Morgan fingerprint density at radius 3 is 2.33 bits per heavy atom. The summed E-state index contributed by atoms with van der Waals surface area (Å²) in [5.74, 6) is -0.842. The molecule has 5 rings (SSSR count). The highest BCUT2D eigenvalue weighted by Gasteiger charge is 2.34. The number of anilines is 2. The normalized spacial score (nSPS) is 12.4. The van der Waals surface area contributed by atoms with Crippen LogP contribution in [-0.4, -0.2) is 43.3 Å². The van der Waals surface area contributed by atoms with Crippen LogP contribution in [0.3, 0.4) is 0 Å². The smallest absolute Gasteiger partial charge is 0.265 e. The zero-order valence-electron chi connectivity index (χ0n) is 22.9. The molecule has 0 unspecified atom stereocenters. The maximum atomic E-state index is 13.7. The molecule has 4 aromatic carbocycles. The molecular weight excluding hydrogens is 552 g/mol. The summed E-state index contributed by atoms with van der Waals surface area (Å²) < 4.78 is 0. The summed E-state index contributed by atoms with van der Waals surface area (Å²) in [5, 5.41) is 8.28. The minimum Gasteiger partial charge on any atom is -0.383 e. The van der Waals surface area contributed by atoms with Gasteiger partial charge in [-0.1, -0.05) is 48.0 Å². The summed E-state index contributed by atoms with van der Waals surface area (Å²) in [6, 6.07) is 23.7. The van der Waals surface area contributed by atoms with Gasteiger partial charge >= 0.3 is 0 Å². The highest BCUT2D eigenvalue weighted by Crippen LogP contribution is 2.36. The first-order valence-corrected chi connectivity index (χ1v) is 14.0. The fourth-order valence-corrected chi connectivity index (χ4v) is 5.18. The van der Waals surface area contributed by atoms with E-state index in [4.69, 9.17) is 23.1 Å². The van der Waals surface area contributed by atoms with Gasteiger partial charge in [-0.2, -0.15) is 0 Å². The molecule has 6 N–H and O–H groups in total. The van der Waals surface area contributed by atoms with Gasteiger partial charge in [0.25, 0.3) is 11.8 Å². The van der Waals surface area contributed by atoms with Crippen LogP contribution in [0.5, 0.6) is 0 Å². The molecule has 214 valence electrons. The average Bonchev–Trinajstić information content (AvgIpc) is 2.98. The zero-order valence-corrected chi connectivity index (χ0v) is 23.7. The van der Waals surface area contributed by atoms with Crippen molar-refractivity contribution in [2.24, 2.45) is 16.5 Å². The van der Waals surface area contributed by atoms with E-state index in [1.54, 1.807) is 36.4 Å². The number of aryl methyl sites for hydroxylation is 1. The number of aliphatic imine (C=N–C) groups is 1. The highest BCUT2D eigenvalue weighted by atomic mass is 35.5. The van der Waals surface area contributed by atoms with E-state index < -0.39 is 11.8 Å². The molecule has 0 saturated heterocycles. The number of guanidine groups is 1. The first-order valence-electron chi connectivity index (χ1n) is 13.7. The number of hydrogen-bond donors (Lipinski definition) is 4. The lowest BCUT2D eigenvalue weighted by Gasteiger charge is -2.28. The summed E-state index contributed by atoms with van der Waals surface area (Å²) in [6.07, 6.45) is 1.46. The number of nitrogens with two attached hydrogens (primary N) is 2. The van der Waals surface area contributed by atoms with Crippen molar-refractivity contribution < 1.29 is 14.4 Å². The molecular formula is C32H31ClN6O3. The van der Waals surface area contributed by atoms with Crippen LogP contribution in [-0.2, 0) is 17.6 Å². The van der Waals surface area contributed by atoms with Crippen molar-refractivity contribution in [2.45, 2.75) is 19.3 Å². The van der Waals surface area contributed by atoms with Crippen LogP contribution < -0.4 is 27.0 Å². The molecule has 10 heteroatoms. The summed E-state index contributed by atoms with van der Waals surface area (Å²) >= 11 is 5.92. The van der Waals surface area contributed by atoms with Crippen molar-refractivity contribution in [1.82, 2.24) is 5.32 Å². The van der Waals surface area contributed by atoms with Gasteiger partial charge in [0.05, 0.1) is 12.2 Å². The van der Waals surface area contributed by atoms with E-state index in [0.29, 0.717) is 59.7 Å². The number of imide groups is 1. The second-order valence-corrected chi connectivity index (χ2v) is 10.4. The summed E-state index contributed by atoms with van der Waals surface area (Å²) in [7, 11) is 0. The van der Waals surface area contributed by atoms with Crippen LogP contribution in [0.1, 0.15) is 38.3 Å². The predicted molar refractivity (Wildman–Crippen MR) is 167 cm³/mol. The molecule has 4 aromatic rings. The van der Waals surface area contributed by atoms with E-state index >= 15 is 0 Å². The molecule has 9 nitrogen and oxygen atoms in total. The maximum Gasteiger partial charge on any atom is 0.265 e. The molecule has 0 bridgehead atoms. The van der Waals surface area contributed by atoms with Crippen molar-refractivity contribution >= 4 is 57.4 Å². The van der Waals surface area contributed by atoms with Crippen LogP contribution in [0.15, 0.2) is 83.9 Å². The number of nitrogens with zero attached hydrogens (tertiary/aromatic N) is 2. The zero-order chi connectivity index (χ0) is 29.6. The number of rotatable bonds is 11. The van der Waals surface area contributed by atoms with Gasteiger partial charge in [-0.3, -0.25) is 19.4 Å².